The predicted molar refractivity (Wildman–Crippen MR) is 54.0 cm³/mol. The second-order valence-electron chi connectivity index (χ2n) is 3.33. The van der Waals surface area contributed by atoms with E-state index in [1.54, 1.807) is 23.4 Å². The molecule has 0 aliphatic heterocycles. The van der Waals surface area contributed by atoms with Crippen LogP contribution < -0.4 is 5.32 Å². The maximum atomic E-state index is 5.02. The Labute approximate surface area is 82.5 Å². The number of aromatic nitrogens is 2. The van der Waals surface area contributed by atoms with Gasteiger partial charge in [0.1, 0.15) is 0 Å². The first-order valence-electron chi connectivity index (χ1n) is 4.53. The second-order valence-corrected chi connectivity index (χ2v) is 3.33. The summed E-state index contributed by atoms with van der Waals surface area (Å²) in [5.41, 5.74) is 2.15. The number of rotatable bonds is 3. The third kappa shape index (κ3) is 1.79. The van der Waals surface area contributed by atoms with Crippen LogP contribution in [0.15, 0.2) is 35.4 Å². The topological polar surface area (TPSA) is 43.0 Å². The lowest BCUT2D eigenvalue weighted by molar-refractivity contribution is 0.562. The number of aryl methyl sites for hydroxylation is 1. The van der Waals surface area contributed by atoms with Gasteiger partial charge < -0.3 is 9.73 Å². The van der Waals surface area contributed by atoms with Gasteiger partial charge in [-0.2, -0.15) is 5.10 Å². The minimum Gasteiger partial charge on any atom is -0.472 e. The van der Waals surface area contributed by atoms with Crippen LogP contribution in [0.2, 0.25) is 0 Å². The number of furan rings is 1. The molecule has 0 amide bonds. The standard InChI is InChI=1S/C10H13N3O/c1-8(9-3-4-14-7-9)12-10-5-11-13(2)6-10/h3-8,12H,1-2H3. The molecule has 0 radical (unpaired) electrons. The number of nitrogens with one attached hydrogen (secondary N) is 1. The van der Waals surface area contributed by atoms with Crippen molar-refractivity contribution in [1.29, 1.82) is 0 Å². The smallest absolute Gasteiger partial charge is 0.0955 e. The molecular formula is C10H13N3O. The van der Waals surface area contributed by atoms with Crippen molar-refractivity contribution in [1.82, 2.24) is 9.78 Å². The number of nitrogens with zero attached hydrogens (tertiary/aromatic N) is 2. The van der Waals surface area contributed by atoms with E-state index in [1.165, 1.54) is 0 Å². The Morgan fingerprint density at radius 1 is 1.57 bits per heavy atom. The van der Waals surface area contributed by atoms with Gasteiger partial charge in [0.2, 0.25) is 0 Å². The van der Waals surface area contributed by atoms with Crippen LogP contribution in [0.3, 0.4) is 0 Å². The van der Waals surface area contributed by atoms with Crippen molar-refractivity contribution in [2.24, 2.45) is 7.05 Å². The zero-order chi connectivity index (χ0) is 9.97. The molecule has 14 heavy (non-hydrogen) atoms. The van der Waals surface area contributed by atoms with Crippen LogP contribution in [0.25, 0.3) is 0 Å². The predicted octanol–water partition coefficient (Wildman–Crippen LogP) is 2.19. The van der Waals surface area contributed by atoms with E-state index in [1.807, 2.05) is 19.3 Å². The van der Waals surface area contributed by atoms with Crippen LogP contribution in [0.1, 0.15) is 18.5 Å². The molecule has 0 saturated heterocycles. The maximum absolute atomic E-state index is 5.02. The first-order chi connectivity index (χ1) is 6.75. The van der Waals surface area contributed by atoms with Crippen LogP contribution >= 0.6 is 0 Å². The maximum Gasteiger partial charge on any atom is 0.0955 e. The summed E-state index contributed by atoms with van der Waals surface area (Å²) in [5.74, 6) is 0. The van der Waals surface area contributed by atoms with E-state index >= 15 is 0 Å². The van der Waals surface area contributed by atoms with Gasteiger partial charge in [0.15, 0.2) is 0 Å². The van der Waals surface area contributed by atoms with Gasteiger partial charge in [-0.15, -0.1) is 0 Å². The van der Waals surface area contributed by atoms with E-state index in [-0.39, 0.29) is 6.04 Å². The highest BCUT2D eigenvalue weighted by Crippen LogP contribution is 2.18. The number of hydrogen-bond donors (Lipinski definition) is 1. The highest BCUT2D eigenvalue weighted by Gasteiger charge is 2.06. The monoisotopic (exact) mass is 191 g/mol. The number of hydrogen-bond acceptors (Lipinski definition) is 3. The molecule has 0 spiro atoms. The molecule has 1 unspecified atom stereocenters. The Morgan fingerprint density at radius 3 is 3.00 bits per heavy atom. The average Bonchev–Trinajstić information content (AvgIpc) is 2.75. The quantitative estimate of drug-likeness (QED) is 0.808. The summed E-state index contributed by atoms with van der Waals surface area (Å²) < 4.78 is 6.79. The molecule has 4 nitrogen and oxygen atoms in total. The SMILES string of the molecule is CC(Nc1cnn(C)c1)c1ccoc1. The van der Waals surface area contributed by atoms with E-state index in [2.05, 4.69) is 17.3 Å². The van der Waals surface area contributed by atoms with Crippen LogP contribution in [-0.2, 0) is 7.05 Å². The minimum absolute atomic E-state index is 0.234. The highest BCUT2D eigenvalue weighted by atomic mass is 16.3. The van der Waals surface area contributed by atoms with E-state index in [9.17, 15) is 0 Å². The van der Waals surface area contributed by atoms with Gasteiger partial charge in [0.05, 0.1) is 30.5 Å². The molecule has 0 bridgehead atoms. The Bertz CT molecular complexity index is 391. The lowest BCUT2D eigenvalue weighted by Crippen LogP contribution is -2.04. The molecule has 2 aromatic heterocycles. The normalized spacial score (nSPS) is 12.7. The summed E-state index contributed by atoms with van der Waals surface area (Å²) in [4.78, 5) is 0. The average molecular weight is 191 g/mol. The van der Waals surface area contributed by atoms with E-state index in [0.29, 0.717) is 0 Å². The fourth-order valence-electron chi connectivity index (χ4n) is 1.35. The summed E-state index contributed by atoms with van der Waals surface area (Å²) in [6.45, 7) is 2.08. The fourth-order valence-corrected chi connectivity index (χ4v) is 1.35. The zero-order valence-corrected chi connectivity index (χ0v) is 8.27. The number of anilines is 1. The zero-order valence-electron chi connectivity index (χ0n) is 8.27. The van der Waals surface area contributed by atoms with Gasteiger partial charge in [0.25, 0.3) is 0 Å². The van der Waals surface area contributed by atoms with Crippen LogP contribution in [0.4, 0.5) is 5.69 Å². The molecule has 2 rings (SSSR count). The largest absolute Gasteiger partial charge is 0.472 e. The van der Waals surface area contributed by atoms with Gasteiger partial charge in [-0.3, -0.25) is 4.68 Å². The van der Waals surface area contributed by atoms with Gasteiger partial charge in [-0.1, -0.05) is 0 Å². The molecule has 0 aliphatic carbocycles. The van der Waals surface area contributed by atoms with Crippen LogP contribution in [-0.4, -0.2) is 9.78 Å². The molecule has 1 N–H and O–H groups in total. The van der Waals surface area contributed by atoms with Crippen LogP contribution in [0, 0.1) is 0 Å². The molecule has 0 saturated carbocycles. The summed E-state index contributed by atoms with van der Waals surface area (Å²) in [5, 5.41) is 7.40. The first kappa shape index (κ1) is 8.87. The molecule has 74 valence electrons. The third-order valence-corrected chi connectivity index (χ3v) is 2.13. The Kier molecular flexibility index (Phi) is 2.26. The van der Waals surface area contributed by atoms with Crippen molar-refractivity contribution < 1.29 is 4.42 Å². The summed E-state index contributed by atoms with van der Waals surface area (Å²) in [6.07, 6.45) is 7.16. The van der Waals surface area contributed by atoms with Gasteiger partial charge in [-0.25, -0.2) is 0 Å². The summed E-state index contributed by atoms with van der Waals surface area (Å²) in [7, 11) is 1.90. The van der Waals surface area contributed by atoms with Crippen molar-refractivity contribution in [3.8, 4) is 0 Å². The molecule has 0 aromatic carbocycles. The lowest BCUT2D eigenvalue weighted by Gasteiger charge is -2.10. The minimum atomic E-state index is 0.234. The van der Waals surface area contributed by atoms with Gasteiger partial charge in [-0.05, 0) is 13.0 Å². The van der Waals surface area contributed by atoms with Crippen molar-refractivity contribution in [2.75, 3.05) is 5.32 Å². The molecule has 0 aliphatic rings. The van der Waals surface area contributed by atoms with Crippen molar-refractivity contribution in [2.45, 2.75) is 13.0 Å². The summed E-state index contributed by atoms with van der Waals surface area (Å²) >= 11 is 0. The molecule has 2 aromatic rings. The Balaban J connectivity index is 2.05. The highest BCUT2D eigenvalue weighted by molar-refractivity contribution is 5.40. The molecule has 4 heteroatoms. The van der Waals surface area contributed by atoms with Gasteiger partial charge in [0, 0.05) is 18.8 Å². The van der Waals surface area contributed by atoms with E-state index < -0.39 is 0 Å². The van der Waals surface area contributed by atoms with Gasteiger partial charge >= 0.3 is 0 Å². The summed E-state index contributed by atoms with van der Waals surface area (Å²) in [6, 6.07) is 2.19. The fraction of sp³-hybridized carbons (Fsp3) is 0.300. The molecule has 1 atom stereocenters. The Hall–Kier alpha value is -1.71. The second kappa shape index (κ2) is 3.57. The molecular weight excluding hydrogens is 178 g/mol. The Morgan fingerprint density at radius 2 is 2.43 bits per heavy atom. The van der Waals surface area contributed by atoms with E-state index in [0.717, 1.165) is 11.3 Å². The third-order valence-electron chi connectivity index (χ3n) is 2.13. The van der Waals surface area contributed by atoms with Crippen molar-refractivity contribution >= 4 is 5.69 Å². The first-order valence-corrected chi connectivity index (χ1v) is 4.53. The molecule has 2 heterocycles. The molecule has 0 fully saturated rings. The van der Waals surface area contributed by atoms with Crippen LogP contribution in [0.5, 0.6) is 0 Å². The van der Waals surface area contributed by atoms with Crippen molar-refractivity contribution in [3.05, 3.63) is 36.5 Å². The van der Waals surface area contributed by atoms with E-state index in [4.69, 9.17) is 4.42 Å². The van der Waals surface area contributed by atoms with Crippen molar-refractivity contribution in [3.63, 3.8) is 0 Å². The lowest BCUT2D eigenvalue weighted by atomic mass is 10.2.